The smallest absolute Gasteiger partial charge is 0.347 e. The van der Waals surface area contributed by atoms with Gasteiger partial charge in [-0.15, -0.1) is 0 Å². The van der Waals surface area contributed by atoms with Crippen LogP contribution in [0.15, 0.2) is 57.9 Å². The molecular weight excluding hydrogens is 360 g/mol. The van der Waals surface area contributed by atoms with E-state index in [-0.39, 0.29) is 17.8 Å². The molecule has 0 bridgehead atoms. The molecule has 1 atom stereocenters. The van der Waals surface area contributed by atoms with Gasteiger partial charge >= 0.3 is 5.97 Å². The first-order valence-corrected chi connectivity index (χ1v) is 9.18. The van der Waals surface area contributed by atoms with Gasteiger partial charge in [-0.3, -0.25) is 4.79 Å². The zero-order valence-corrected chi connectivity index (χ0v) is 16.1. The monoisotopic (exact) mass is 382 g/mol. The first-order valence-electron chi connectivity index (χ1n) is 9.18. The number of rotatable bonds is 7. The van der Waals surface area contributed by atoms with Crippen LogP contribution in [0, 0.1) is 0 Å². The van der Waals surface area contributed by atoms with E-state index in [9.17, 15) is 9.59 Å². The minimum absolute atomic E-state index is 0.113. The third-order valence-electron chi connectivity index (χ3n) is 4.22. The van der Waals surface area contributed by atoms with E-state index >= 15 is 0 Å². The second-order valence-electron chi connectivity index (χ2n) is 6.16. The lowest BCUT2D eigenvalue weighted by Gasteiger charge is -2.13. The Morgan fingerprint density at radius 2 is 1.89 bits per heavy atom. The van der Waals surface area contributed by atoms with Crippen molar-refractivity contribution in [2.24, 2.45) is 0 Å². The van der Waals surface area contributed by atoms with E-state index in [0.29, 0.717) is 22.5 Å². The lowest BCUT2D eigenvalue weighted by Crippen LogP contribution is -2.26. The molecule has 6 nitrogen and oxygen atoms in total. The van der Waals surface area contributed by atoms with Crippen LogP contribution >= 0.6 is 0 Å². The van der Waals surface area contributed by atoms with Crippen molar-refractivity contribution >= 4 is 16.9 Å². The Morgan fingerprint density at radius 1 is 1.11 bits per heavy atom. The Balaban J connectivity index is 1.86. The van der Waals surface area contributed by atoms with Gasteiger partial charge < -0.3 is 18.6 Å². The number of fused-ring (bicyclic) bond motifs is 1. The average molecular weight is 382 g/mol. The lowest BCUT2D eigenvalue weighted by molar-refractivity contribution is -0.150. The van der Waals surface area contributed by atoms with Gasteiger partial charge in [-0.1, -0.05) is 25.1 Å². The largest absolute Gasteiger partial charge is 0.479 e. The highest BCUT2D eigenvalue weighted by Gasteiger charge is 2.17. The summed E-state index contributed by atoms with van der Waals surface area (Å²) in [5.41, 5.74) is 1.06. The predicted molar refractivity (Wildman–Crippen MR) is 105 cm³/mol. The van der Waals surface area contributed by atoms with E-state index in [1.54, 1.807) is 32.0 Å². The van der Waals surface area contributed by atoms with E-state index in [4.69, 9.17) is 18.6 Å². The highest BCUT2D eigenvalue weighted by molar-refractivity contribution is 5.79. The number of hydrogen-bond acceptors (Lipinski definition) is 6. The summed E-state index contributed by atoms with van der Waals surface area (Å²) in [6.45, 7) is 5.63. The number of carbonyl (C=O) groups is 1. The summed E-state index contributed by atoms with van der Waals surface area (Å²) in [5, 5.41) is 0.364. The predicted octanol–water partition coefficient (Wildman–Crippen LogP) is 4.48. The zero-order valence-electron chi connectivity index (χ0n) is 16.1. The van der Waals surface area contributed by atoms with Crippen LogP contribution in [-0.4, -0.2) is 18.7 Å². The molecule has 3 aromatic rings. The van der Waals surface area contributed by atoms with E-state index in [2.05, 4.69) is 0 Å². The van der Waals surface area contributed by atoms with Gasteiger partial charge in [0.05, 0.1) is 12.0 Å². The van der Waals surface area contributed by atoms with E-state index in [1.807, 2.05) is 31.2 Å². The Kier molecular flexibility index (Phi) is 5.99. The Morgan fingerprint density at radius 3 is 2.64 bits per heavy atom. The van der Waals surface area contributed by atoms with Crippen molar-refractivity contribution in [3.05, 3.63) is 64.5 Å². The van der Waals surface area contributed by atoms with E-state index < -0.39 is 12.1 Å². The molecule has 0 N–H and O–H groups in total. The normalized spacial score (nSPS) is 11.8. The second kappa shape index (κ2) is 8.61. The number of para-hydroxylation sites is 1. The summed E-state index contributed by atoms with van der Waals surface area (Å²) < 4.78 is 21.9. The van der Waals surface area contributed by atoms with Crippen LogP contribution in [0.4, 0.5) is 0 Å². The second-order valence-corrected chi connectivity index (χ2v) is 6.16. The topological polar surface area (TPSA) is 75.0 Å². The van der Waals surface area contributed by atoms with Gasteiger partial charge in [-0.2, -0.15) is 0 Å². The minimum Gasteiger partial charge on any atom is -0.479 e. The van der Waals surface area contributed by atoms with Crippen LogP contribution in [0.2, 0.25) is 0 Å². The van der Waals surface area contributed by atoms with Gasteiger partial charge in [0, 0.05) is 6.07 Å². The van der Waals surface area contributed by atoms with Crippen LogP contribution in [0.1, 0.15) is 26.3 Å². The van der Waals surface area contributed by atoms with Crippen molar-refractivity contribution in [3.8, 4) is 17.2 Å². The summed E-state index contributed by atoms with van der Waals surface area (Å²) in [6.07, 6.45) is 1.31. The fraction of sp³-hybridized carbons (Fsp3) is 0.273. The molecule has 6 heteroatoms. The molecule has 28 heavy (non-hydrogen) atoms. The van der Waals surface area contributed by atoms with Gasteiger partial charge in [0.25, 0.3) is 0 Å². The number of esters is 1. The van der Waals surface area contributed by atoms with Crippen LogP contribution in [0.25, 0.3) is 11.0 Å². The highest BCUT2D eigenvalue weighted by atomic mass is 16.6. The first-order chi connectivity index (χ1) is 13.5. The maximum Gasteiger partial charge on any atom is 0.347 e. The van der Waals surface area contributed by atoms with Crippen molar-refractivity contribution in [2.45, 2.75) is 33.3 Å². The molecule has 0 aliphatic rings. The molecule has 1 aromatic heterocycles. The summed E-state index contributed by atoms with van der Waals surface area (Å²) >= 11 is 0. The van der Waals surface area contributed by atoms with Crippen molar-refractivity contribution in [3.63, 3.8) is 0 Å². The summed E-state index contributed by atoms with van der Waals surface area (Å²) in [7, 11) is 0. The van der Waals surface area contributed by atoms with Crippen molar-refractivity contribution < 1.29 is 23.4 Å². The number of hydrogen-bond donors (Lipinski definition) is 0. The summed E-state index contributed by atoms with van der Waals surface area (Å²) in [4.78, 5) is 24.5. The molecule has 146 valence electrons. The van der Waals surface area contributed by atoms with Gasteiger partial charge in [0.2, 0.25) is 11.2 Å². The number of carbonyl (C=O) groups excluding carboxylic acids is 1. The summed E-state index contributed by atoms with van der Waals surface area (Å²) in [6, 6.07) is 12.3. The SMILES string of the molecule is CCOC(=O)C(C)Oc1ccc2c(=O)c(Oc3ccccc3CC)coc2c1. The quantitative estimate of drug-likeness (QED) is 0.561. The van der Waals surface area contributed by atoms with Crippen molar-refractivity contribution in [2.75, 3.05) is 6.61 Å². The van der Waals surface area contributed by atoms with Gasteiger partial charge in [0.1, 0.15) is 23.3 Å². The number of ether oxygens (including phenoxy) is 3. The lowest BCUT2D eigenvalue weighted by atomic mass is 10.1. The average Bonchev–Trinajstić information content (AvgIpc) is 2.70. The molecule has 0 amide bonds. The molecular formula is C22H22O6. The molecule has 0 radical (unpaired) electrons. The fourth-order valence-corrected chi connectivity index (χ4v) is 2.76. The molecule has 0 aliphatic carbocycles. The Hall–Kier alpha value is -3.28. The molecule has 0 fully saturated rings. The zero-order chi connectivity index (χ0) is 20.1. The van der Waals surface area contributed by atoms with Crippen molar-refractivity contribution in [1.29, 1.82) is 0 Å². The maximum atomic E-state index is 12.8. The van der Waals surface area contributed by atoms with Crippen molar-refractivity contribution in [1.82, 2.24) is 0 Å². The molecule has 0 spiro atoms. The number of benzene rings is 2. The maximum absolute atomic E-state index is 12.8. The highest BCUT2D eigenvalue weighted by Crippen LogP contribution is 2.26. The van der Waals surface area contributed by atoms with Crippen LogP contribution in [0.3, 0.4) is 0 Å². The third-order valence-corrected chi connectivity index (χ3v) is 4.22. The van der Waals surface area contributed by atoms with Crippen LogP contribution in [-0.2, 0) is 16.0 Å². The third kappa shape index (κ3) is 4.17. The van der Waals surface area contributed by atoms with E-state index in [1.165, 1.54) is 6.26 Å². The molecule has 1 heterocycles. The van der Waals surface area contributed by atoms with Gasteiger partial charge in [0.15, 0.2) is 6.10 Å². The Labute approximate surface area is 162 Å². The molecule has 0 saturated heterocycles. The fourth-order valence-electron chi connectivity index (χ4n) is 2.76. The van der Waals surface area contributed by atoms with E-state index in [0.717, 1.165) is 12.0 Å². The van der Waals surface area contributed by atoms with Crippen LogP contribution < -0.4 is 14.9 Å². The Bertz CT molecular complexity index is 1040. The minimum atomic E-state index is -0.766. The summed E-state index contributed by atoms with van der Waals surface area (Å²) in [5.74, 6) is 0.686. The molecule has 1 unspecified atom stereocenters. The van der Waals surface area contributed by atoms with Crippen LogP contribution in [0.5, 0.6) is 17.2 Å². The van der Waals surface area contributed by atoms with Gasteiger partial charge in [-0.05, 0) is 44.0 Å². The molecule has 2 aromatic carbocycles. The molecule has 3 rings (SSSR count). The first kappa shape index (κ1) is 19.5. The number of aryl methyl sites for hydroxylation is 1. The molecule has 0 aliphatic heterocycles. The molecule has 0 saturated carbocycles. The standard InChI is InChI=1S/C22H22O6/c1-4-15-8-6-7-9-18(15)28-20-13-26-19-12-16(10-11-17(19)21(20)23)27-14(3)22(24)25-5-2/h6-14H,4-5H2,1-3H3. The van der Waals surface area contributed by atoms with Gasteiger partial charge in [-0.25, -0.2) is 4.79 Å².